The lowest BCUT2D eigenvalue weighted by atomic mass is 9.94. The quantitative estimate of drug-likeness (QED) is 0.0299. The van der Waals surface area contributed by atoms with Crippen molar-refractivity contribution in [1.29, 1.82) is 0 Å². The highest BCUT2D eigenvalue weighted by atomic mass is 33.2. The Bertz CT molecular complexity index is 976. The molecule has 2 saturated heterocycles. The van der Waals surface area contributed by atoms with Crippen LogP contribution in [0.1, 0.15) is 148 Å². The summed E-state index contributed by atoms with van der Waals surface area (Å²) in [5.74, 6) is -4.05. The van der Waals surface area contributed by atoms with Crippen LogP contribution in [0.25, 0.3) is 0 Å². The maximum absolute atomic E-state index is 12.4. The van der Waals surface area contributed by atoms with Crippen LogP contribution >= 0.6 is 64.8 Å². The largest absolute Gasteiger partial charge is 0.481 e. The zero-order chi connectivity index (χ0) is 35.0. The topological polar surface area (TPSA) is 158 Å². The third kappa shape index (κ3) is 21.8. The number of carbonyl (C=O) groups excluding carboxylic acids is 2. The Hall–Kier alpha value is -0.350. The number of hydrogen-bond acceptors (Lipinski definition) is 11. The molecule has 1 unspecified atom stereocenters. The monoisotopic (exact) mass is 785 g/mol. The fourth-order valence-corrected chi connectivity index (χ4v) is 19.0. The van der Waals surface area contributed by atoms with Gasteiger partial charge in [0.1, 0.15) is 5.78 Å². The number of carboxylic acid groups (broad SMARTS) is 3. The second-order valence-electron chi connectivity index (χ2n) is 12.7. The van der Waals surface area contributed by atoms with Crippen molar-refractivity contribution in [2.75, 3.05) is 6.54 Å². The van der Waals surface area contributed by atoms with Crippen LogP contribution in [0.2, 0.25) is 0 Å². The first-order chi connectivity index (χ1) is 23.1. The minimum absolute atomic E-state index is 0.0330. The highest BCUT2D eigenvalue weighted by Crippen LogP contribution is 2.84. The average molecular weight is 786 g/mol. The number of carbonyl (C=O) groups is 5. The van der Waals surface area contributed by atoms with Gasteiger partial charge < -0.3 is 20.6 Å². The van der Waals surface area contributed by atoms with Crippen LogP contribution in [0.5, 0.6) is 0 Å². The summed E-state index contributed by atoms with van der Waals surface area (Å²) >= 11 is 0. The van der Waals surface area contributed by atoms with E-state index in [1.54, 1.807) is 21.6 Å². The molecule has 0 aromatic rings. The van der Waals surface area contributed by atoms with Crippen LogP contribution in [0.3, 0.4) is 0 Å². The number of rotatable bonds is 31. The minimum Gasteiger partial charge on any atom is -0.481 e. The van der Waals surface area contributed by atoms with Crippen molar-refractivity contribution in [3.05, 3.63) is 0 Å². The minimum atomic E-state index is -1.04. The highest BCUT2D eigenvalue weighted by Gasteiger charge is 2.52. The highest BCUT2D eigenvalue weighted by molar-refractivity contribution is 9.14. The summed E-state index contributed by atoms with van der Waals surface area (Å²) in [5, 5.41) is 30.7. The summed E-state index contributed by atoms with van der Waals surface area (Å²) in [6.07, 6.45) is 18.9. The lowest BCUT2D eigenvalue weighted by Gasteiger charge is -2.25. The first-order valence-corrected chi connectivity index (χ1v) is 24.2. The summed E-state index contributed by atoms with van der Waals surface area (Å²) in [7, 11) is 10.9. The lowest BCUT2D eigenvalue weighted by molar-refractivity contribution is -0.144. The molecule has 0 saturated carbocycles. The van der Waals surface area contributed by atoms with Gasteiger partial charge in [0, 0.05) is 32.2 Å². The predicted molar refractivity (Wildman–Crippen MR) is 206 cm³/mol. The van der Waals surface area contributed by atoms with Crippen LogP contribution in [-0.4, -0.2) is 58.8 Å². The van der Waals surface area contributed by atoms with Crippen molar-refractivity contribution in [2.45, 2.75) is 155 Å². The van der Waals surface area contributed by atoms with Crippen molar-refractivity contribution in [2.24, 2.45) is 11.8 Å². The molecule has 2 heterocycles. The number of unbranched alkanes of at least 4 members (excludes halogenated alkanes) is 14. The molecule has 1 spiro atoms. The van der Waals surface area contributed by atoms with Crippen molar-refractivity contribution in [3.8, 4) is 0 Å². The Labute approximate surface area is 310 Å². The molecule has 2 aliphatic heterocycles. The molecule has 2 aliphatic rings. The maximum Gasteiger partial charge on any atom is 0.306 e. The molecule has 0 aromatic heterocycles. The fourth-order valence-electron chi connectivity index (χ4n) is 5.54. The third-order valence-electron chi connectivity index (χ3n) is 8.50. The molecular weight excluding hydrogens is 731 g/mol. The molecule has 0 bridgehead atoms. The van der Waals surface area contributed by atoms with E-state index in [1.165, 1.54) is 44.9 Å². The third-order valence-corrected chi connectivity index (χ3v) is 22.3. The molecule has 276 valence electrons. The molecule has 2 fully saturated rings. The van der Waals surface area contributed by atoms with Gasteiger partial charge in [-0.15, -0.1) is 0 Å². The Morgan fingerprint density at radius 3 is 1.54 bits per heavy atom. The smallest absolute Gasteiger partial charge is 0.306 e. The molecule has 4 N–H and O–H groups in total. The summed E-state index contributed by atoms with van der Waals surface area (Å²) in [6, 6.07) is 0. The molecule has 2 rings (SSSR count). The average Bonchev–Trinajstić information content (AvgIpc) is 3.81. The van der Waals surface area contributed by atoms with Crippen molar-refractivity contribution in [3.63, 3.8) is 0 Å². The number of ketones is 1. The Morgan fingerprint density at radius 2 is 1.06 bits per heavy atom. The van der Waals surface area contributed by atoms with E-state index in [0.29, 0.717) is 38.6 Å². The predicted octanol–water partition coefficient (Wildman–Crippen LogP) is 10.2. The van der Waals surface area contributed by atoms with E-state index in [1.807, 2.05) is 43.2 Å². The number of amides is 1. The zero-order valence-electron chi connectivity index (χ0n) is 28.0. The molecule has 9 nitrogen and oxygen atoms in total. The first kappa shape index (κ1) is 43.8. The maximum atomic E-state index is 12.4. The standard InChI is InChI=1S/C33H55NO8S6/c35-27(18-13-11-9-7-5-3-1-2-4-6-8-10-12-14-19-29(37)38)23-26(32(41)42)20-21-28(36)34-22-16-15-17-25(31(39)40)24-30-43-45-33(46-44-30)47-48-33/h25-26,30H,1-24H2,(H,34,36)(H,37,38)(H,39,40)(H,41,42)/t25?,26-/m1/s1. The van der Waals surface area contributed by atoms with E-state index in [-0.39, 0.29) is 44.7 Å². The van der Waals surface area contributed by atoms with E-state index in [0.717, 1.165) is 44.9 Å². The van der Waals surface area contributed by atoms with Gasteiger partial charge in [-0.3, -0.25) is 24.0 Å². The normalized spacial score (nSPS) is 16.8. The van der Waals surface area contributed by atoms with E-state index < -0.39 is 29.7 Å². The number of aliphatic carboxylic acids is 3. The van der Waals surface area contributed by atoms with Gasteiger partial charge in [0.05, 0.1) is 16.4 Å². The van der Waals surface area contributed by atoms with Gasteiger partial charge >= 0.3 is 17.9 Å². The molecule has 2 atom stereocenters. The van der Waals surface area contributed by atoms with Crippen LogP contribution < -0.4 is 5.32 Å². The Kier molecular flexibility index (Phi) is 24.1. The van der Waals surface area contributed by atoms with Crippen LogP contribution in [0.4, 0.5) is 0 Å². The fraction of sp³-hybridized carbons (Fsp3) is 0.848. The SMILES string of the molecule is O=C(O)CCCCCCCCCCCCCCCCC(=O)C[C@@H](CCC(=O)NCCCCC(CC1SSC2(SS1)SS2)C(=O)O)C(=O)O. The first-order valence-electron chi connectivity index (χ1n) is 17.6. The zero-order valence-corrected chi connectivity index (χ0v) is 32.9. The van der Waals surface area contributed by atoms with Gasteiger partial charge in [-0.1, -0.05) is 127 Å². The van der Waals surface area contributed by atoms with Gasteiger partial charge in [0.15, 0.2) is 2.74 Å². The Morgan fingerprint density at radius 1 is 0.562 bits per heavy atom. The summed E-state index contributed by atoms with van der Waals surface area (Å²) in [6.45, 7) is 0.427. The van der Waals surface area contributed by atoms with E-state index in [2.05, 4.69) is 5.32 Å². The van der Waals surface area contributed by atoms with E-state index >= 15 is 0 Å². The van der Waals surface area contributed by atoms with Crippen LogP contribution in [-0.2, 0) is 24.0 Å². The van der Waals surface area contributed by atoms with Gasteiger partial charge in [-0.25, -0.2) is 0 Å². The molecule has 1 amide bonds. The summed E-state index contributed by atoms with van der Waals surface area (Å²) in [5.41, 5.74) is 0. The molecule has 15 heteroatoms. The number of carboxylic acids is 3. The van der Waals surface area contributed by atoms with Crippen LogP contribution in [0.15, 0.2) is 0 Å². The van der Waals surface area contributed by atoms with Gasteiger partial charge in [-0.05, 0) is 60.1 Å². The molecule has 48 heavy (non-hydrogen) atoms. The van der Waals surface area contributed by atoms with Gasteiger partial charge in [0.25, 0.3) is 0 Å². The molecular formula is C33H55NO8S6. The molecule has 0 radical (unpaired) electrons. The molecule has 0 aliphatic carbocycles. The van der Waals surface area contributed by atoms with Crippen molar-refractivity contribution >= 4 is 94.4 Å². The van der Waals surface area contributed by atoms with Crippen molar-refractivity contribution < 1.29 is 39.3 Å². The van der Waals surface area contributed by atoms with Gasteiger partial charge in [0.2, 0.25) is 5.91 Å². The molecule has 0 aromatic carbocycles. The van der Waals surface area contributed by atoms with Crippen LogP contribution in [0, 0.1) is 11.8 Å². The number of Topliss-reactive ketones (excluding diaryl/α,β-unsaturated/α-hetero) is 1. The summed E-state index contributed by atoms with van der Waals surface area (Å²) in [4.78, 5) is 58.7. The van der Waals surface area contributed by atoms with E-state index in [4.69, 9.17) is 5.11 Å². The van der Waals surface area contributed by atoms with Gasteiger partial charge in [-0.2, -0.15) is 0 Å². The second kappa shape index (κ2) is 26.4. The number of nitrogens with one attached hydrogen (secondary N) is 1. The van der Waals surface area contributed by atoms with E-state index in [9.17, 15) is 34.2 Å². The summed E-state index contributed by atoms with van der Waals surface area (Å²) < 4.78 is 0.464. The van der Waals surface area contributed by atoms with Crippen molar-refractivity contribution in [1.82, 2.24) is 5.32 Å². The number of hydrogen-bond donors (Lipinski definition) is 4. The lowest BCUT2D eigenvalue weighted by Crippen LogP contribution is -2.27. The second-order valence-corrected chi connectivity index (χ2v) is 22.4. The Balaban J connectivity index is 1.42.